The molecule has 0 radical (unpaired) electrons. The molecule has 0 unspecified atom stereocenters. The van der Waals surface area contributed by atoms with Crippen molar-refractivity contribution in [3.63, 3.8) is 0 Å². The summed E-state index contributed by atoms with van der Waals surface area (Å²) in [5, 5.41) is 4.05. The summed E-state index contributed by atoms with van der Waals surface area (Å²) in [6.45, 7) is 3.54. The third-order valence-electron chi connectivity index (χ3n) is 4.87. The summed E-state index contributed by atoms with van der Waals surface area (Å²) >= 11 is 11.3. The van der Waals surface area contributed by atoms with Crippen molar-refractivity contribution in [2.45, 2.75) is 32.5 Å². The number of carbonyl (C=O) groups excluding carboxylic acids is 1. The van der Waals surface area contributed by atoms with Gasteiger partial charge in [0.2, 0.25) is 0 Å². The summed E-state index contributed by atoms with van der Waals surface area (Å²) in [6.07, 6.45) is 2.22. The molecule has 0 spiro atoms. The molecule has 1 aliphatic rings. The molecule has 9 heteroatoms. The average molecular weight is 464 g/mol. The highest BCUT2D eigenvalue weighted by Crippen LogP contribution is 2.25. The molecule has 2 aromatic rings. The third-order valence-corrected chi connectivity index (χ3v) is 5.54. The average Bonchev–Trinajstić information content (AvgIpc) is 3.30. The molecule has 3 rings (SSSR count). The van der Waals surface area contributed by atoms with E-state index in [0.717, 1.165) is 30.6 Å². The van der Waals surface area contributed by atoms with Crippen LogP contribution in [0.5, 0.6) is 11.5 Å². The molecule has 7 nitrogen and oxygen atoms in total. The Morgan fingerprint density at radius 2 is 2.10 bits per heavy atom. The molecular formula is C22H26ClN3O4S. The first-order valence-corrected chi connectivity index (χ1v) is 10.8. The van der Waals surface area contributed by atoms with Gasteiger partial charge in [0, 0.05) is 29.3 Å². The number of amides is 1. The fourth-order valence-corrected chi connectivity index (χ4v) is 3.39. The van der Waals surface area contributed by atoms with Crippen molar-refractivity contribution in [2.24, 2.45) is 0 Å². The summed E-state index contributed by atoms with van der Waals surface area (Å²) in [6, 6.07) is 10.6. The molecule has 1 amide bonds. The Hall–Kier alpha value is -2.55. The van der Waals surface area contributed by atoms with Gasteiger partial charge in [-0.2, -0.15) is 0 Å². The lowest BCUT2D eigenvalue weighted by Crippen LogP contribution is -2.48. The largest absolute Gasteiger partial charge is 0.496 e. The van der Waals surface area contributed by atoms with Crippen molar-refractivity contribution in [1.29, 1.82) is 0 Å². The molecule has 166 valence electrons. The quantitative estimate of drug-likeness (QED) is 0.428. The van der Waals surface area contributed by atoms with E-state index in [1.807, 2.05) is 13.0 Å². The van der Waals surface area contributed by atoms with Gasteiger partial charge in [-0.25, -0.2) is 0 Å². The first-order valence-electron chi connectivity index (χ1n) is 9.98. The van der Waals surface area contributed by atoms with Gasteiger partial charge >= 0.3 is 0 Å². The molecule has 0 saturated carbocycles. The van der Waals surface area contributed by atoms with Crippen LogP contribution in [0.15, 0.2) is 36.4 Å². The van der Waals surface area contributed by atoms with Crippen LogP contribution >= 0.6 is 23.8 Å². The van der Waals surface area contributed by atoms with Gasteiger partial charge in [0.1, 0.15) is 18.1 Å². The number of hydrogen-bond donors (Lipinski definition) is 3. The van der Waals surface area contributed by atoms with Gasteiger partial charge in [-0.3, -0.25) is 15.6 Å². The standard InChI is InChI=1S/C22H26ClN3O4S/c1-14-10-17(6-7-19(14)23)30-13-16-11-15(5-8-20(16)28-2)21(27)25-26-22(31)24-12-18-4-3-9-29-18/h5-8,10-11,18H,3-4,9,12-13H2,1-2H3,(H,25,27)(H2,24,26,31)/t18-/m1/s1. The van der Waals surface area contributed by atoms with E-state index >= 15 is 0 Å². The van der Waals surface area contributed by atoms with Crippen molar-refractivity contribution in [1.82, 2.24) is 16.2 Å². The molecule has 0 bridgehead atoms. The van der Waals surface area contributed by atoms with E-state index in [0.29, 0.717) is 33.7 Å². The summed E-state index contributed by atoms with van der Waals surface area (Å²) in [7, 11) is 1.57. The normalized spacial score (nSPS) is 15.3. The fraction of sp³-hybridized carbons (Fsp3) is 0.364. The number of carbonyl (C=O) groups is 1. The Balaban J connectivity index is 1.55. The summed E-state index contributed by atoms with van der Waals surface area (Å²) in [5.41, 5.74) is 7.42. The van der Waals surface area contributed by atoms with Crippen LogP contribution in [0.25, 0.3) is 0 Å². The smallest absolute Gasteiger partial charge is 0.269 e. The molecular weight excluding hydrogens is 438 g/mol. The Morgan fingerprint density at radius 1 is 1.26 bits per heavy atom. The topological polar surface area (TPSA) is 80.9 Å². The number of aryl methyl sites for hydroxylation is 1. The molecule has 0 aromatic heterocycles. The molecule has 3 N–H and O–H groups in total. The highest BCUT2D eigenvalue weighted by Gasteiger charge is 2.16. The van der Waals surface area contributed by atoms with Crippen molar-refractivity contribution in [3.05, 3.63) is 58.1 Å². The number of methoxy groups -OCH3 is 1. The van der Waals surface area contributed by atoms with Crippen LogP contribution in [0.3, 0.4) is 0 Å². The monoisotopic (exact) mass is 463 g/mol. The maximum atomic E-state index is 12.5. The van der Waals surface area contributed by atoms with Gasteiger partial charge < -0.3 is 19.5 Å². The van der Waals surface area contributed by atoms with Gasteiger partial charge in [-0.15, -0.1) is 0 Å². The zero-order valence-electron chi connectivity index (χ0n) is 17.5. The molecule has 1 fully saturated rings. The Bertz CT molecular complexity index is 935. The van der Waals surface area contributed by atoms with Crippen LogP contribution < -0.4 is 25.6 Å². The summed E-state index contributed by atoms with van der Waals surface area (Å²) in [5.74, 6) is 0.986. The second kappa shape index (κ2) is 11.2. The van der Waals surface area contributed by atoms with Crippen LogP contribution in [0.2, 0.25) is 5.02 Å². The van der Waals surface area contributed by atoms with Gasteiger partial charge in [-0.05, 0) is 73.9 Å². The van der Waals surface area contributed by atoms with Gasteiger partial charge in [0.15, 0.2) is 5.11 Å². The van der Waals surface area contributed by atoms with Crippen molar-refractivity contribution in [3.8, 4) is 11.5 Å². The zero-order valence-corrected chi connectivity index (χ0v) is 19.1. The van der Waals surface area contributed by atoms with E-state index in [-0.39, 0.29) is 18.6 Å². The maximum absolute atomic E-state index is 12.5. The lowest BCUT2D eigenvalue weighted by Gasteiger charge is -2.15. The number of thiocarbonyl (C=S) groups is 1. The maximum Gasteiger partial charge on any atom is 0.269 e. The Morgan fingerprint density at radius 3 is 2.81 bits per heavy atom. The molecule has 1 saturated heterocycles. The second-order valence-electron chi connectivity index (χ2n) is 7.15. The van der Waals surface area contributed by atoms with Gasteiger partial charge in [0.05, 0.1) is 13.2 Å². The van der Waals surface area contributed by atoms with E-state index < -0.39 is 0 Å². The van der Waals surface area contributed by atoms with Gasteiger partial charge in [0.25, 0.3) is 5.91 Å². The number of hydrazine groups is 1. The summed E-state index contributed by atoms with van der Waals surface area (Å²) < 4.78 is 16.8. The lowest BCUT2D eigenvalue weighted by molar-refractivity contribution is 0.0943. The van der Waals surface area contributed by atoms with E-state index in [4.69, 9.17) is 38.0 Å². The molecule has 1 atom stereocenters. The SMILES string of the molecule is COc1ccc(C(=O)NNC(=S)NC[C@H]2CCCO2)cc1COc1ccc(Cl)c(C)c1. The number of halogens is 1. The van der Waals surface area contributed by atoms with Crippen LogP contribution in [-0.4, -0.2) is 37.4 Å². The number of nitrogens with one attached hydrogen (secondary N) is 3. The molecule has 2 aromatic carbocycles. The minimum atomic E-state index is -0.326. The van der Waals surface area contributed by atoms with E-state index in [9.17, 15) is 4.79 Å². The first kappa shape index (κ1) is 23.1. The minimum Gasteiger partial charge on any atom is -0.496 e. The highest BCUT2D eigenvalue weighted by atomic mass is 35.5. The number of benzene rings is 2. The predicted octanol–water partition coefficient (Wildman–Crippen LogP) is 3.52. The minimum absolute atomic E-state index is 0.157. The van der Waals surface area contributed by atoms with Crippen LogP contribution in [0, 0.1) is 6.92 Å². The lowest BCUT2D eigenvalue weighted by atomic mass is 10.1. The van der Waals surface area contributed by atoms with E-state index in [1.165, 1.54) is 0 Å². The second-order valence-corrected chi connectivity index (χ2v) is 7.97. The van der Waals surface area contributed by atoms with E-state index in [2.05, 4.69) is 16.2 Å². The number of ether oxygens (including phenoxy) is 3. The fourth-order valence-electron chi connectivity index (χ4n) is 3.14. The predicted molar refractivity (Wildman–Crippen MR) is 124 cm³/mol. The number of hydrogen-bond acceptors (Lipinski definition) is 5. The first-order chi connectivity index (χ1) is 15.0. The Labute approximate surface area is 192 Å². The highest BCUT2D eigenvalue weighted by molar-refractivity contribution is 7.80. The van der Waals surface area contributed by atoms with Crippen molar-refractivity contribution < 1.29 is 19.0 Å². The zero-order chi connectivity index (χ0) is 22.2. The van der Waals surface area contributed by atoms with Crippen LogP contribution in [0.4, 0.5) is 0 Å². The van der Waals surface area contributed by atoms with Crippen LogP contribution in [0.1, 0.15) is 34.3 Å². The van der Waals surface area contributed by atoms with E-state index in [1.54, 1.807) is 37.4 Å². The van der Waals surface area contributed by atoms with Gasteiger partial charge in [-0.1, -0.05) is 11.6 Å². The molecule has 1 aliphatic heterocycles. The molecule has 0 aliphatic carbocycles. The summed E-state index contributed by atoms with van der Waals surface area (Å²) in [4.78, 5) is 12.5. The van der Waals surface area contributed by atoms with Crippen molar-refractivity contribution >= 4 is 34.8 Å². The molecule has 1 heterocycles. The Kier molecular flexibility index (Phi) is 8.34. The van der Waals surface area contributed by atoms with Crippen molar-refractivity contribution in [2.75, 3.05) is 20.3 Å². The third kappa shape index (κ3) is 6.72. The van der Waals surface area contributed by atoms with Crippen LogP contribution in [-0.2, 0) is 11.3 Å². The molecule has 31 heavy (non-hydrogen) atoms. The number of rotatable bonds is 7.